The molecule has 2 aromatic carbocycles. The Morgan fingerprint density at radius 1 is 1.16 bits per heavy atom. The highest BCUT2D eigenvalue weighted by Crippen LogP contribution is 2.29. The SMILES string of the molecule is C=Cc1ccccc1N1CC(=O)N(c2ccc(C(C)=NO)cc2)C1=O. The average molecular weight is 335 g/mol. The molecule has 1 aliphatic heterocycles. The van der Waals surface area contributed by atoms with E-state index >= 15 is 0 Å². The number of hydrogen-bond acceptors (Lipinski definition) is 4. The van der Waals surface area contributed by atoms with Crippen molar-refractivity contribution in [2.45, 2.75) is 6.92 Å². The molecule has 2 aromatic rings. The maximum atomic E-state index is 12.8. The molecular formula is C19H17N3O3. The highest BCUT2D eigenvalue weighted by atomic mass is 16.4. The standard InChI is InChI=1S/C19H17N3O3/c1-3-14-6-4-5-7-17(14)21-12-18(23)22(19(21)24)16-10-8-15(9-11-16)13(2)20-25/h3-11,25H,1,12H2,2H3. The van der Waals surface area contributed by atoms with Crippen molar-refractivity contribution in [3.63, 3.8) is 0 Å². The van der Waals surface area contributed by atoms with Crippen LogP contribution in [0.1, 0.15) is 18.1 Å². The van der Waals surface area contributed by atoms with Gasteiger partial charge in [0.2, 0.25) is 0 Å². The number of oxime groups is 1. The first-order valence-corrected chi connectivity index (χ1v) is 7.72. The Labute approximate surface area is 145 Å². The van der Waals surface area contributed by atoms with Crippen LogP contribution in [-0.4, -0.2) is 29.4 Å². The lowest BCUT2D eigenvalue weighted by Gasteiger charge is -2.19. The molecule has 0 unspecified atom stereocenters. The quantitative estimate of drug-likeness (QED) is 0.402. The molecule has 0 spiro atoms. The zero-order valence-corrected chi connectivity index (χ0v) is 13.7. The Bertz CT molecular complexity index is 872. The number of hydrogen-bond donors (Lipinski definition) is 1. The molecule has 6 nitrogen and oxygen atoms in total. The van der Waals surface area contributed by atoms with Gasteiger partial charge in [0.15, 0.2) is 0 Å². The third-order valence-corrected chi connectivity index (χ3v) is 4.11. The predicted octanol–water partition coefficient (Wildman–Crippen LogP) is 3.50. The van der Waals surface area contributed by atoms with Crippen molar-refractivity contribution in [1.29, 1.82) is 0 Å². The van der Waals surface area contributed by atoms with E-state index in [2.05, 4.69) is 11.7 Å². The third kappa shape index (κ3) is 2.89. The molecule has 3 rings (SSSR count). The van der Waals surface area contributed by atoms with E-state index in [4.69, 9.17) is 5.21 Å². The van der Waals surface area contributed by atoms with Crippen LogP contribution in [0, 0.1) is 0 Å². The molecule has 0 bridgehead atoms. The summed E-state index contributed by atoms with van der Waals surface area (Å²) in [4.78, 5) is 27.8. The van der Waals surface area contributed by atoms with Crippen molar-refractivity contribution in [1.82, 2.24) is 0 Å². The molecule has 0 radical (unpaired) electrons. The Morgan fingerprint density at radius 2 is 1.84 bits per heavy atom. The fraction of sp³-hybridized carbons (Fsp3) is 0.105. The summed E-state index contributed by atoms with van der Waals surface area (Å²) < 4.78 is 0. The number of nitrogens with zero attached hydrogens (tertiary/aromatic N) is 3. The number of rotatable bonds is 4. The lowest BCUT2D eigenvalue weighted by atomic mass is 10.1. The molecule has 1 N–H and O–H groups in total. The van der Waals surface area contributed by atoms with E-state index in [9.17, 15) is 9.59 Å². The average Bonchev–Trinajstić information content (AvgIpc) is 2.95. The molecule has 1 saturated heterocycles. The molecule has 25 heavy (non-hydrogen) atoms. The van der Waals surface area contributed by atoms with Gasteiger partial charge in [0.1, 0.15) is 6.54 Å². The van der Waals surface area contributed by atoms with Gasteiger partial charge in [-0.25, -0.2) is 9.69 Å². The fourth-order valence-corrected chi connectivity index (χ4v) is 2.76. The van der Waals surface area contributed by atoms with Crippen LogP contribution in [0.15, 0.2) is 60.3 Å². The second kappa shape index (κ2) is 6.60. The minimum absolute atomic E-state index is 0.0252. The lowest BCUT2D eigenvalue weighted by molar-refractivity contribution is -0.115. The summed E-state index contributed by atoms with van der Waals surface area (Å²) >= 11 is 0. The first-order valence-electron chi connectivity index (χ1n) is 7.72. The molecule has 0 atom stereocenters. The van der Waals surface area contributed by atoms with Gasteiger partial charge in [0.25, 0.3) is 5.91 Å². The number of para-hydroxylation sites is 1. The monoisotopic (exact) mass is 335 g/mol. The van der Waals surface area contributed by atoms with Crippen LogP contribution in [0.4, 0.5) is 16.2 Å². The van der Waals surface area contributed by atoms with Gasteiger partial charge in [0, 0.05) is 0 Å². The molecule has 1 heterocycles. The van der Waals surface area contributed by atoms with Gasteiger partial charge in [0.05, 0.1) is 17.1 Å². The maximum Gasteiger partial charge on any atom is 0.336 e. The summed E-state index contributed by atoms with van der Waals surface area (Å²) in [7, 11) is 0. The maximum absolute atomic E-state index is 12.8. The van der Waals surface area contributed by atoms with E-state index in [1.54, 1.807) is 43.3 Å². The summed E-state index contributed by atoms with van der Waals surface area (Å²) in [5, 5.41) is 12.0. The van der Waals surface area contributed by atoms with Crippen molar-refractivity contribution in [2.75, 3.05) is 16.3 Å². The van der Waals surface area contributed by atoms with E-state index in [-0.39, 0.29) is 12.5 Å². The normalized spacial score (nSPS) is 15.0. The van der Waals surface area contributed by atoms with Crippen LogP contribution in [0.2, 0.25) is 0 Å². The first kappa shape index (κ1) is 16.4. The second-order valence-corrected chi connectivity index (χ2v) is 5.59. The van der Waals surface area contributed by atoms with Crippen molar-refractivity contribution in [3.05, 3.63) is 66.2 Å². The molecule has 126 valence electrons. The van der Waals surface area contributed by atoms with Crippen LogP contribution >= 0.6 is 0 Å². The fourth-order valence-electron chi connectivity index (χ4n) is 2.76. The van der Waals surface area contributed by atoms with E-state index < -0.39 is 6.03 Å². The van der Waals surface area contributed by atoms with E-state index in [1.165, 1.54) is 4.90 Å². The zero-order chi connectivity index (χ0) is 18.0. The van der Waals surface area contributed by atoms with Gasteiger partial charge in [-0.15, -0.1) is 0 Å². The highest BCUT2D eigenvalue weighted by Gasteiger charge is 2.38. The Balaban J connectivity index is 1.93. The molecule has 0 aliphatic carbocycles. The smallest absolute Gasteiger partial charge is 0.336 e. The Morgan fingerprint density at radius 3 is 2.48 bits per heavy atom. The van der Waals surface area contributed by atoms with Crippen molar-refractivity contribution in [2.24, 2.45) is 5.16 Å². The van der Waals surface area contributed by atoms with Crippen LogP contribution in [0.25, 0.3) is 6.08 Å². The van der Waals surface area contributed by atoms with Crippen LogP contribution in [0.5, 0.6) is 0 Å². The van der Waals surface area contributed by atoms with Crippen LogP contribution in [0.3, 0.4) is 0 Å². The number of carbonyl (C=O) groups is 2. The summed E-state index contributed by atoms with van der Waals surface area (Å²) in [5.41, 5.74) is 3.07. The van der Waals surface area contributed by atoms with Crippen LogP contribution in [-0.2, 0) is 4.79 Å². The van der Waals surface area contributed by atoms with E-state index in [1.807, 2.05) is 18.2 Å². The second-order valence-electron chi connectivity index (χ2n) is 5.59. The molecule has 3 amide bonds. The third-order valence-electron chi connectivity index (χ3n) is 4.11. The Hall–Kier alpha value is -3.41. The van der Waals surface area contributed by atoms with Gasteiger partial charge < -0.3 is 5.21 Å². The van der Waals surface area contributed by atoms with Gasteiger partial charge in [-0.1, -0.05) is 48.1 Å². The first-order chi connectivity index (χ1) is 12.1. The predicted molar refractivity (Wildman–Crippen MR) is 97.2 cm³/mol. The number of carbonyl (C=O) groups excluding carboxylic acids is 2. The van der Waals surface area contributed by atoms with Crippen molar-refractivity contribution >= 4 is 35.1 Å². The molecule has 0 aromatic heterocycles. The molecule has 1 aliphatic rings. The number of urea groups is 1. The zero-order valence-electron chi connectivity index (χ0n) is 13.7. The van der Waals surface area contributed by atoms with Gasteiger partial charge in [-0.05, 0) is 36.2 Å². The van der Waals surface area contributed by atoms with E-state index in [0.717, 1.165) is 10.5 Å². The number of anilines is 2. The summed E-state index contributed by atoms with van der Waals surface area (Å²) in [6.45, 7) is 5.39. The minimum atomic E-state index is -0.403. The number of benzene rings is 2. The van der Waals surface area contributed by atoms with Gasteiger partial charge in [-0.3, -0.25) is 9.69 Å². The largest absolute Gasteiger partial charge is 0.411 e. The summed E-state index contributed by atoms with van der Waals surface area (Å²) in [6, 6.07) is 13.6. The molecular weight excluding hydrogens is 318 g/mol. The lowest BCUT2D eigenvalue weighted by Crippen LogP contribution is -2.33. The number of imide groups is 1. The summed E-state index contributed by atoms with van der Waals surface area (Å²) in [5.74, 6) is -0.302. The van der Waals surface area contributed by atoms with Gasteiger partial charge in [-0.2, -0.15) is 0 Å². The Kier molecular flexibility index (Phi) is 4.35. The molecule has 6 heteroatoms. The summed E-state index contributed by atoms with van der Waals surface area (Å²) in [6.07, 6.45) is 1.65. The number of amides is 3. The molecule has 0 saturated carbocycles. The van der Waals surface area contributed by atoms with Crippen molar-refractivity contribution in [3.8, 4) is 0 Å². The topological polar surface area (TPSA) is 73.2 Å². The molecule has 1 fully saturated rings. The minimum Gasteiger partial charge on any atom is -0.411 e. The van der Waals surface area contributed by atoms with Crippen LogP contribution < -0.4 is 9.80 Å². The van der Waals surface area contributed by atoms with Gasteiger partial charge >= 0.3 is 6.03 Å². The van der Waals surface area contributed by atoms with E-state index in [0.29, 0.717) is 22.6 Å². The highest BCUT2D eigenvalue weighted by molar-refractivity contribution is 6.27. The van der Waals surface area contributed by atoms with Crippen molar-refractivity contribution < 1.29 is 14.8 Å².